The predicted molar refractivity (Wildman–Crippen MR) is 110 cm³/mol. The molecule has 5 rings (SSSR count). The minimum absolute atomic E-state index is 0.170. The number of fused-ring (bicyclic) bond motifs is 1. The summed E-state index contributed by atoms with van der Waals surface area (Å²) in [4.78, 5) is 24.0. The first-order valence-electron chi connectivity index (χ1n) is 9.24. The summed E-state index contributed by atoms with van der Waals surface area (Å²) < 4.78 is 1.38. The second-order valence-corrected chi connectivity index (χ2v) is 7.43. The summed E-state index contributed by atoms with van der Waals surface area (Å²) in [6.07, 6.45) is 2.27. The van der Waals surface area contributed by atoms with Gasteiger partial charge in [-0.25, -0.2) is 4.98 Å². The summed E-state index contributed by atoms with van der Waals surface area (Å²) in [5, 5.41) is 3.73. The number of aromatic nitrogens is 4. The smallest absolute Gasteiger partial charge is 0.274 e. The molecular formula is C21H18ClN5O. The van der Waals surface area contributed by atoms with E-state index < -0.39 is 0 Å². The summed E-state index contributed by atoms with van der Waals surface area (Å²) in [5.74, 6) is 0.999. The molecule has 1 aliphatic carbocycles. The van der Waals surface area contributed by atoms with Gasteiger partial charge in [0, 0.05) is 28.4 Å². The third-order valence-corrected chi connectivity index (χ3v) is 5.13. The SMILES string of the molecule is O=c1cc(CN(c2cccc(Cl)c2)C2CC2)nc2nc(-c3ccccc3)[nH]n12. The Balaban J connectivity index is 1.51. The van der Waals surface area contributed by atoms with Crippen LogP contribution in [0.4, 0.5) is 5.69 Å². The molecule has 4 aromatic rings. The molecule has 6 nitrogen and oxygen atoms in total. The molecule has 0 atom stereocenters. The van der Waals surface area contributed by atoms with Crippen molar-refractivity contribution in [2.45, 2.75) is 25.4 Å². The van der Waals surface area contributed by atoms with Gasteiger partial charge in [0.25, 0.3) is 11.3 Å². The fourth-order valence-electron chi connectivity index (χ4n) is 3.38. The second-order valence-electron chi connectivity index (χ2n) is 7.00. The number of benzene rings is 2. The van der Waals surface area contributed by atoms with E-state index in [9.17, 15) is 4.79 Å². The maximum Gasteiger partial charge on any atom is 0.274 e. The third-order valence-electron chi connectivity index (χ3n) is 4.89. The summed E-state index contributed by atoms with van der Waals surface area (Å²) >= 11 is 6.17. The summed E-state index contributed by atoms with van der Waals surface area (Å²) in [7, 11) is 0. The Hall–Kier alpha value is -3.12. The van der Waals surface area contributed by atoms with E-state index in [2.05, 4.69) is 20.0 Å². The normalized spacial score (nSPS) is 13.8. The maximum absolute atomic E-state index is 12.6. The number of anilines is 1. The average Bonchev–Trinajstić information content (AvgIpc) is 3.45. The van der Waals surface area contributed by atoms with Crippen LogP contribution in [0.1, 0.15) is 18.5 Å². The molecule has 0 unspecified atom stereocenters. The van der Waals surface area contributed by atoms with Gasteiger partial charge < -0.3 is 4.90 Å². The molecule has 0 spiro atoms. The molecule has 1 aliphatic rings. The van der Waals surface area contributed by atoms with E-state index in [1.54, 1.807) is 6.07 Å². The second kappa shape index (κ2) is 6.80. The van der Waals surface area contributed by atoms with Crippen LogP contribution in [0.3, 0.4) is 0 Å². The Morgan fingerprint density at radius 3 is 2.64 bits per heavy atom. The quantitative estimate of drug-likeness (QED) is 0.560. The lowest BCUT2D eigenvalue weighted by Crippen LogP contribution is -2.27. The Kier molecular flexibility index (Phi) is 4.13. The van der Waals surface area contributed by atoms with Gasteiger partial charge in [-0.15, -0.1) is 0 Å². The Labute approximate surface area is 166 Å². The molecule has 0 bridgehead atoms. The van der Waals surface area contributed by atoms with Crippen LogP contribution >= 0.6 is 11.6 Å². The molecule has 2 heterocycles. The van der Waals surface area contributed by atoms with E-state index in [1.807, 2.05) is 54.6 Å². The number of hydrogen-bond donors (Lipinski definition) is 1. The number of halogens is 1. The van der Waals surface area contributed by atoms with Crippen LogP contribution in [0.5, 0.6) is 0 Å². The van der Waals surface area contributed by atoms with Crippen molar-refractivity contribution in [3.05, 3.63) is 81.7 Å². The minimum Gasteiger partial charge on any atom is -0.363 e. The Morgan fingerprint density at radius 2 is 1.89 bits per heavy atom. The first kappa shape index (κ1) is 17.0. The van der Waals surface area contributed by atoms with E-state index in [-0.39, 0.29) is 5.56 Å². The molecule has 0 amide bonds. The number of hydrogen-bond acceptors (Lipinski definition) is 4. The molecule has 28 heavy (non-hydrogen) atoms. The zero-order chi connectivity index (χ0) is 19.1. The number of rotatable bonds is 5. The Morgan fingerprint density at radius 1 is 1.07 bits per heavy atom. The first-order chi connectivity index (χ1) is 13.7. The molecule has 140 valence electrons. The highest BCUT2D eigenvalue weighted by atomic mass is 35.5. The molecule has 0 radical (unpaired) electrons. The van der Waals surface area contributed by atoms with Crippen molar-refractivity contribution < 1.29 is 0 Å². The van der Waals surface area contributed by atoms with Crippen molar-refractivity contribution in [1.82, 2.24) is 19.6 Å². The third kappa shape index (κ3) is 3.27. The lowest BCUT2D eigenvalue weighted by atomic mass is 10.2. The summed E-state index contributed by atoms with van der Waals surface area (Å²) in [6.45, 7) is 0.546. The summed E-state index contributed by atoms with van der Waals surface area (Å²) in [5.41, 5.74) is 2.48. The highest BCUT2D eigenvalue weighted by Crippen LogP contribution is 2.33. The highest BCUT2D eigenvalue weighted by Gasteiger charge is 2.30. The fourth-order valence-corrected chi connectivity index (χ4v) is 3.56. The van der Waals surface area contributed by atoms with Crippen LogP contribution in [0.25, 0.3) is 17.2 Å². The van der Waals surface area contributed by atoms with E-state index in [0.29, 0.717) is 34.9 Å². The van der Waals surface area contributed by atoms with Crippen LogP contribution in [-0.4, -0.2) is 25.6 Å². The monoisotopic (exact) mass is 391 g/mol. The molecule has 1 fully saturated rings. The molecular weight excluding hydrogens is 374 g/mol. The van der Waals surface area contributed by atoms with Crippen LogP contribution in [0, 0.1) is 0 Å². The topological polar surface area (TPSA) is 66.3 Å². The van der Waals surface area contributed by atoms with Gasteiger partial charge in [0.1, 0.15) is 0 Å². The van der Waals surface area contributed by atoms with E-state index in [0.717, 1.165) is 24.1 Å². The zero-order valence-corrected chi connectivity index (χ0v) is 15.8. The van der Waals surface area contributed by atoms with E-state index in [4.69, 9.17) is 11.6 Å². The van der Waals surface area contributed by atoms with Crippen molar-refractivity contribution in [1.29, 1.82) is 0 Å². The van der Waals surface area contributed by atoms with Gasteiger partial charge in [-0.3, -0.25) is 9.89 Å². The van der Waals surface area contributed by atoms with Gasteiger partial charge in [-0.05, 0) is 31.0 Å². The van der Waals surface area contributed by atoms with Gasteiger partial charge in [-0.2, -0.15) is 9.50 Å². The van der Waals surface area contributed by atoms with Crippen molar-refractivity contribution in [3.63, 3.8) is 0 Å². The van der Waals surface area contributed by atoms with Crippen LogP contribution in [-0.2, 0) is 6.54 Å². The fraction of sp³-hybridized carbons (Fsp3) is 0.190. The number of nitrogens with zero attached hydrogens (tertiary/aromatic N) is 4. The lowest BCUT2D eigenvalue weighted by molar-refractivity contribution is 0.766. The largest absolute Gasteiger partial charge is 0.363 e. The van der Waals surface area contributed by atoms with Gasteiger partial charge in [0.15, 0.2) is 5.82 Å². The number of aromatic amines is 1. The maximum atomic E-state index is 12.6. The molecule has 1 saturated carbocycles. The van der Waals surface area contributed by atoms with Gasteiger partial charge >= 0.3 is 0 Å². The van der Waals surface area contributed by atoms with Crippen LogP contribution in [0.15, 0.2) is 65.5 Å². The van der Waals surface area contributed by atoms with Crippen molar-refractivity contribution in [2.75, 3.05) is 4.90 Å². The van der Waals surface area contributed by atoms with Crippen LogP contribution < -0.4 is 10.5 Å². The van der Waals surface area contributed by atoms with Crippen molar-refractivity contribution >= 4 is 23.1 Å². The number of H-pyrrole nitrogens is 1. The van der Waals surface area contributed by atoms with Gasteiger partial charge in [-0.1, -0.05) is 48.0 Å². The molecule has 1 N–H and O–H groups in total. The molecule has 2 aromatic heterocycles. The van der Waals surface area contributed by atoms with E-state index in [1.165, 1.54) is 4.52 Å². The first-order valence-corrected chi connectivity index (χ1v) is 9.61. The van der Waals surface area contributed by atoms with Gasteiger partial charge in [0.2, 0.25) is 0 Å². The van der Waals surface area contributed by atoms with Crippen molar-refractivity contribution in [3.8, 4) is 11.4 Å². The standard InChI is InChI=1S/C21H18ClN5O/c22-15-7-4-8-18(11-15)26(17-9-10-17)13-16-12-19(28)27-21(23-16)24-20(25-27)14-5-2-1-3-6-14/h1-8,11-12,17H,9-10,13H2,(H,23,24,25). The Bertz CT molecular complexity index is 1200. The predicted octanol–water partition coefficient (Wildman–Crippen LogP) is 3.91. The molecule has 0 saturated heterocycles. The lowest BCUT2D eigenvalue weighted by Gasteiger charge is -2.24. The number of nitrogens with one attached hydrogen (secondary N) is 1. The van der Waals surface area contributed by atoms with Crippen LogP contribution in [0.2, 0.25) is 5.02 Å². The molecule has 2 aromatic carbocycles. The zero-order valence-electron chi connectivity index (χ0n) is 15.0. The minimum atomic E-state index is -0.170. The van der Waals surface area contributed by atoms with Crippen molar-refractivity contribution in [2.24, 2.45) is 0 Å². The summed E-state index contributed by atoms with van der Waals surface area (Å²) in [6, 6.07) is 19.5. The molecule has 0 aliphatic heterocycles. The highest BCUT2D eigenvalue weighted by molar-refractivity contribution is 6.30. The average molecular weight is 392 g/mol. The van der Waals surface area contributed by atoms with Gasteiger partial charge in [0.05, 0.1) is 12.2 Å². The molecule has 7 heteroatoms. The van der Waals surface area contributed by atoms with E-state index >= 15 is 0 Å².